The SMILES string of the molecule is CN1CCN(c2ccc(C=NNC(N)=S)cc2)CC1. The third kappa shape index (κ3) is 4.18. The molecule has 0 saturated carbocycles. The molecular weight excluding hydrogens is 258 g/mol. The van der Waals surface area contributed by atoms with Crippen LogP contribution in [-0.2, 0) is 0 Å². The number of piperazine rings is 1. The molecular formula is C13H19N5S. The van der Waals surface area contributed by atoms with Crippen LogP contribution in [-0.4, -0.2) is 49.5 Å². The molecule has 5 nitrogen and oxygen atoms in total. The zero-order valence-electron chi connectivity index (χ0n) is 11.0. The average Bonchev–Trinajstić information content (AvgIpc) is 2.40. The minimum absolute atomic E-state index is 0.172. The molecule has 1 aromatic rings. The third-order valence-electron chi connectivity index (χ3n) is 3.15. The Kier molecular flexibility index (Phi) is 4.70. The first-order chi connectivity index (χ1) is 9.15. The molecule has 2 rings (SSSR count). The summed E-state index contributed by atoms with van der Waals surface area (Å²) >= 11 is 4.67. The molecule has 1 aromatic carbocycles. The number of nitrogens with two attached hydrogens (primary N) is 1. The molecule has 3 N–H and O–H groups in total. The number of rotatable bonds is 3. The highest BCUT2D eigenvalue weighted by Crippen LogP contribution is 2.16. The number of nitrogens with one attached hydrogen (secondary N) is 1. The lowest BCUT2D eigenvalue weighted by molar-refractivity contribution is 0.313. The quantitative estimate of drug-likeness (QED) is 0.481. The van der Waals surface area contributed by atoms with E-state index in [-0.39, 0.29) is 5.11 Å². The second-order valence-electron chi connectivity index (χ2n) is 4.62. The molecule has 1 fully saturated rings. The maximum atomic E-state index is 5.29. The van der Waals surface area contributed by atoms with Gasteiger partial charge >= 0.3 is 0 Å². The topological polar surface area (TPSA) is 56.9 Å². The molecule has 1 heterocycles. The standard InChI is InChI=1S/C13H19N5S/c1-17-6-8-18(9-7-17)12-4-2-11(3-5-12)10-15-16-13(14)19/h2-5,10H,6-9H2,1H3,(H3,14,16,19). The van der Waals surface area contributed by atoms with Crippen molar-refractivity contribution in [3.63, 3.8) is 0 Å². The van der Waals surface area contributed by atoms with Crippen LogP contribution in [0.4, 0.5) is 5.69 Å². The monoisotopic (exact) mass is 277 g/mol. The maximum Gasteiger partial charge on any atom is 0.184 e. The largest absolute Gasteiger partial charge is 0.375 e. The van der Waals surface area contributed by atoms with Gasteiger partial charge in [0.1, 0.15) is 0 Å². The molecule has 6 heteroatoms. The first kappa shape index (κ1) is 13.8. The maximum absolute atomic E-state index is 5.29. The van der Waals surface area contributed by atoms with Gasteiger partial charge in [0, 0.05) is 31.9 Å². The van der Waals surface area contributed by atoms with Crippen LogP contribution < -0.4 is 16.1 Å². The fraction of sp³-hybridized carbons (Fsp3) is 0.385. The number of thiocarbonyl (C=S) groups is 1. The van der Waals surface area contributed by atoms with E-state index in [9.17, 15) is 0 Å². The summed E-state index contributed by atoms with van der Waals surface area (Å²) in [6, 6.07) is 8.32. The van der Waals surface area contributed by atoms with E-state index < -0.39 is 0 Å². The summed E-state index contributed by atoms with van der Waals surface area (Å²) in [5.74, 6) is 0. The molecule has 0 bridgehead atoms. The van der Waals surface area contributed by atoms with E-state index in [4.69, 9.17) is 5.73 Å². The number of likely N-dealkylation sites (N-methyl/N-ethyl adjacent to an activating group) is 1. The van der Waals surface area contributed by atoms with Crippen molar-refractivity contribution in [2.24, 2.45) is 10.8 Å². The molecule has 19 heavy (non-hydrogen) atoms. The summed E-state index contributed by atoms with van der Waals surface area (Å²) in [5, 5.41) is 4.10. The Balaban J connectivity index is 1.94. The van der Waals surface area contributed by atoms with Gasteiger partial charge in [0.25, 0.3) is 0 Å². The van der Waals surface area contributed by atoms with Crippen LogP contribution in [0.3, 0.4) is 0 Å². The highest BCUT2D eigenvalue weighted by Gasteiger charge is 2.13. The fourth-order valence-corrected chi connectivity index (χ4v) is 2.06. The molecule has 0 aromatic heterocycles. The summed E-state index contributed by atoms with van der Waals surface area (Å²) in [7, 11) is 2.16. The molecule has 0 aliphatic carbocycles. The molecule has 1 aliphatic rings. The normalized spacial score (nSPS) is 16.8. The summed E-state index contributed by atoms with van der Waals surface area (Å²) < 4.78 is 0. The smallest absolute Gasteiger partial charge is 0.184 e. The Labute approximate surface area is 119 Å². The Morgan fingerprint density at radius 1 is 1.26 bits per heavy atom. The Morgan fingerprint density at radius 2 is 1.89 bits per heavy atom. The van der Waals surface area contributed by atoms with Gasteiger partial charge in [-0.2, -0.15) is 5.10 Å². The summed E-state index contributed by atoms with van der Waals surface area (Å²) in [5.41, 5.74) is 10.1. The minimum atomic E-state index is 0.172. The van der Waals surface area contributed by atoms with Crippen LogP contribution in [0.15, 0.2) is 29.4 Å². The lowest BCUT2D eigenvalue weighted by Crippen LogP contribution is -2.44. The number of hydrogen-bond donors (Lipinski definition) is 2. The van der Waals surface area contributed by atoms with Crippen molar-refractivity contribution in [2.45, 2.75) is 0 Å². The molecule has 1 saturated heterocycles. The van der Waals surface area contributed by atoms with E-state index in [1.807, 2.05) is 12.1 Å². The number of hydrazone groups is 1. The van der Waals surface area contributed by atoms with Gasteiger partial charge in [0.15, 0.2) is 5.11 Å². The predicted octanol–water partition coefficient (Wildman–Crippen LogP) is 0.605. The number of anilines is 1. The second kappa shape index (κ2) is 6.49. The zero-order chi connectivity index (χ0) is 13.7. The first-order valence-corrected chi connectivity index (χ1v) is 6.68. The molecule has 102 valence electrons. The van der Waals surface area contributed by atoms with E-state index in [2.05, 4.69) is 51.7 Å². The molecule has 0 atom stereocenters. The summed E-state index contributed by atoms with van der Waals surface area (Å²) in [6.07, 6.45) is 1.70. The van der Waals surface area contributed by atoms with E-state index in [1.54, 1.807) is 6.21 Å². The van der Waals surface area contributed by atoms with Gasteiger partial charge in [-0.05, 0) is 37.0 Å². The molecule has 0 unspecified atom stereocenters. The van der Waals surface area contributed by atoms with Gasteiger partial charge in [-0.3, -0.25) is 5.43 Å². The van der Waals surface area contributed by atoms with Gasteiger partial charge in [-0.25, -0.2) is 0 Å². The van der Waals surface area contributed by atoms with Crippen LogP contribution in [0, 0.1) is 0 Å². The number of nitrogens with zero attached hydrogens (tertiary/aromatic N) is 3. The lowest BCUT2D eigenvalue weighted by atomic mass is 10.2. The van der Waals surface area contributed by atoms with Gasteiger partial charge in [-0.1, -0.05) is 12.1 Å². The molecule has 1 aliphatic heterocycles. The van der Waals surface area contributed by atoms with E-state index in [0.717, 1.165) is 31.7 Å². The van der Waals surface area contributed by atoms with Crippen molar-refractivity contribution >= 4 is 29.2 Å². The van der Waals surface area contributed by atoms with Crippen LogP contribution in [0.2, 0.25) is 0 Å². The summed E-state index contributed by atoms with van der Waals surface area (Å²) in [6.45, 7) is 4.38. The Morgan fingerprint density at radius 3 is 2.47 bits per heavy atom. The molecule has 0 amide bonds. The molecule has 0 spiro atoms. The number of hydrogen-bond acceptors (Lipinski definition) is 4. The van der Waals surface area contributed by atoms with Crippen LogP contribution in [0.25, 0.3) is 0 Å². The Hall–Kier alpha value is -1.66. The van der Waals surface area contributed by atoms with Crippen LogP contribution in [0.1, 0.15) is 5.56 Å². The van der Waals surface area contributed by atoms with Crippen molar-refractivity contribution in [1.29, 1.82) is 0 Å². The van der Waals surface area contributed by atoms with E-state index in [0.29, 0.717) is 0 Å². The van der Waals surface area contributed by atoms with E-state index >= 15 is 0 Å². The minimum Gasteiger partial charge on any atom is -0.375 e. The lowest BCUT2D eigenvalue weighted by Gasteiger charge is -2.34. The third-order valence-corrected chi connectivity index (χ3v) is 3.24. The van der Waals surface area contributed by atoms with Crippen molar-refractivity contribution in [3.05, 3.63) is 29.8 Å². The van der Waals surface area contributed by atoms with Gasteiger partial charge in [0.05, 0.1) is 6.21 Å². The van der Waals surface area contributed by atoms with E-state index in [1.165, 1.54) is 5.69 Å². The van der Waals surface area contributed by atoms with Crippen molar-refractivity contribution in [3.8, 4) is 0 Å². The van der Waals surface area contributed by atoms with Gasteiger partial charge < -0.3 is 15.5 Å². The molecule has 0 radical (unpaired) electrons. The highest BCUT2D eigenvalue weighted by atomic mass is 32.1. The number of benzene rings is 1. The second-order valence-corrected chi connectivity index (χ2v) is 5.06. The average molecular weight is 277 g/mol. The summed E-state index contributed by atoms with van der Waals surface area (Å²) in [4.78, 5) is 4.74. The zero-order valence-corrected chi connectivity index (χ0v) is 11.9. The van der Waals surface area contributed by atoms with Gasteiger partial charge in [-0.15, -0.1) is 0 Å². The van der Waals surface area contributed by atoms with Crippen LogP contribution in [0.5, 0.6) is 0 Å². The van der Waals surface area contributed by atoms with Crippen LogP contribution >= 0.6 is 12.2 Å². The fourth-order valence-electron chi connectivity index (χ4n) is 2.01. The van der Waals surface area contributed by atoms with Crippen molar-refractivity contribution < 1.29 is 0 Å². The van der Waals surface area contributed by atoms with Crippen molar-refractivity contribution in [1.82, 2.24) is 10.3 Å². The Bertz CT molecular complexity index is 449. The predicted molar refractivity (Wildman–Crippen MR) is 83.7 cm³/mol. The van der Waals surface area contributed by atoms with Crippen molar-refractivity contribution in [2.75, 3.05) is 38.1 Å². The van der Waals surface area contributed by atoms with Gasteiger partial charge in [0.2, 0.25) is 0 Å². The highest BCUT2D eigenvalue weighted by molar-refractivity contribution is 7.80. The first-order valence-electron chi connectivity index (χ1n) is 6.27.